The molecule has 0 aliphatic heterocycles. The minimum absolute atomic E-state index is 0.0817. The van der Waals surface area contributed by atoms with Gasteiger partial charge >= 0.3 is 0 Å². The maximum absolute atomic E-state index is 10.4. The Morgan fingerprint density at radius 1 is 0.288 bits per heavy atom. The van der Waals surface area contributed by atoms with Gasteiger partial charge in [0, 0.05) is 22.5 Å². The molecular formula is C65H47N. The van der Waals surface area contributed by atoms with Crippen molar-refractivity contribution in [2.45, 2.75) is 30.1 Å². The van der Waals surface area contributed by atoms with Crippen LogP contribution in [0.2, 0.25) is 0 Å². The van der Waals surface area contributed by atoms with Crippen molar-refractivity contribution in [1.82, 2.24) is 0 Å². The molecule has 0 N–H and O–H groups in total. The number of fused-ring (bicyclic) bond motifs is 9. The van der Waals surface area contributed by atoms with Crippen LogP contribution < -0.4 is 4.90 Å². The van der Waals surface area contributed by atoms with E-state index < -0.39 is 10.8 Å². The van der Waals surface area contributed by atoms with E-state index in [1.165, 1.54) is 16.7 Å². The quantitative estimate of drug-likeness (QED) is 0.154. The summed E-state index contributed by atoms with van der Waals surface area (Å²) in [6, 6.07) is 77.9. The van der Waals surface area contributed by atoms with Crippen LogP contribution in [0.15, 0.2) is 249 Å². The van der Waals surface area contributed by atoms with Crippen LogP contribution in [0.4, 0.5) is 17.1 Å². The maximum Gasteiger partial charge on any atom is 0.0714 e. The highest BCUT2D eigenvalue weighted by Gasteiger charge is 2.48. The van der Waals surface area contributed by atoms with Gasteiger partial charge in [-0.3, -0.25) is 0 Å². The smallest absolute Gasteiger partial charge is 0.0714 e. The monoisotopic (exact) mass is 845 g/mol. The van der Waals surface area contributed by atoms with Gasteiger partial charge < -0.3 is 4.90 Å². The summed E-state index contributed by atoms with van der Waals surface area (Å²) in [5.41, 5.74) is 16.1. The van der Waals surface area contributed by atoms with Gasteiger partial charge in [0.05, 0.1) is 16.3 Å². The Kier molecular flexibility index (Phi) is 7.56. The lowest BCUT2D eigenvalue weighted by Gasteiger charge is -2.35. The molecule has 0 heterocycles. The predicted molar refractivity (Wildman–Crippen MR) is 273 cm³/mol. The number of nitrogens with zero attached hydrogens (tertiary/aromatic N) is 1. The van der Waals surface area contributed by atoms with E-state index in [9.17, 15) is 5.48 Å². The second kappa shape index (κ2) is 14.5. The van der Waals surface area contributed by atoms with Crippen molar-refractivity contribution in [2.75, 3.05) is 4.90 Å². The average Bonchev–Trinajstić information content (AvgIpc) is 3.97. The summed E-state index contributed by atoms with van der Waals surface area (Å²) in [5.74, 6) is 0. The van der Waals surface area contributed by atoms with Crippen molar-refractivity contribution in [3.63, 3.8) is 0 Å². The molecule has 0 radical (unpaired) electrons. The highest BCUT2D eigenvalue weighted by Crippen LogP contribution is 2.59. The van der Waals surface area contributed by atoms with Gasteiger partial charge in [-0.15, -0.1) is 0 Å². The van der Waals surface area contributed by atoms with E-state index in [-0.39, 0.29) is 35.3 Å². The largest absolute Gasteiger partial charge is 0.310 e. The van der Waals surface area contributed by atoms with Crippen LogP contribution in [-0.4, -0.2) is 0 Å². The molecule has 0 unspecified atom stereocenters. The number of anilines is 3. The molecule has 10 aromatic rings. The number of benzene rings is 10. The molecule has 0 fully saturated rings. The average molecular weight is 846 g/mol. The van der Waals surface area contributed by atoms with Crippen molar-refractivity contribution in [3.05, 3.63) is 304 Å². The van der Waals surface area contributed by atoms with Crippen LogP contribution in [0.25, 0.3) is 33.4 Å². The molecule has 1 nitrogen and oxygen atoms in total. The molecule has 312 valence electrons. The van der Waals surface area contributed by atoms with Gasteiger partial charge in [0.2, 0.25) is 0 Å². The summed E-state index contributed by atoms with van der Waals surface area (Å²) < 4.78 is 41.5. The third-order valence-electron chi connectivity index (χ3n) is 14.9. The molecule has 0 saturated carbocycles. The van der Waals surface area contributed by atoms with Gasteiger partial charge in [-0.25, -0.2) is 0 Å². The molecule has 0 atom stereocenters. The summed E-state index contributed by atoms with van der Waals surface area (Å²) in [6.07, 6.45) is 0. The normalized spacial score (nSPS) is 15.7. The third-order valence-corrected chi connectivity index (χ3v) is 14.9. The van der Waals surface area contributed by atoms with Crippen molar-refractivity contribution in [1.29, 1.82) is 0 Å². The zero-order chi connectivity index (χ0) is 47.5. The van der Waals surface area contributed by atoms with E-state index in [2.05, 4.69) is 196 Å². The Morgan fingerprint density at radius 2 is 0.621 bits per heavy atom. The molecule has 3 aliphatic carbocycles. The van der Waals surface area contributed by atoms with Gasteiger partial charge in [-0.05, 0) is 125 Å². The topological polar surface area (TPSA) is 3.24 Å². The maximum atomic E-state index is 10.4. The van der Waals surface area contributed by atoms with E-state index in [4.69, 9.17) is 0 Å². The lowest BCUT2D eigenvalue weighted by Crippen LogP contribution is -2.29. The lowest BCUT2D eigenvalue weighted by molar-refractivity contribution is 0.660. The highest BCUT2D eigenvalue weighted by molar-refractivity contribution is 5.92. The van der Waals surface area contributed by atoms with E-state index in [0.717, 1.165) is 78.1 Å². The fraction of sp³-hybridized carbons (Fsp3) is 0.0769. The van der Waals surface area contributed by atoms with Gasteiger partial charge in [0.25, 0.3) is 0 Å². The molecule has 3 aliphatic rings. The summed E-state index contributed by atoms with van der Waals surface area (Å²) in [7, 11) is 0. The van der Waals surface area contributed by atoms with E-state index in [0.29, 0.717) is 5.56 Å². The molecule has 13 rings (SSSR count). The third kappa shape index (κ3) is 5.23. The predicted octanol–water partition coefficient (Wildman–Crippen LogP) is 16.2. The van der Waals surface area contributed by atoms with Gasteiger partial charge in [0.15, 0.2) is 0 Å². The van der Waals surface area contributed by atoms with Crippen LogP contribution >= 0.6 is 0 Å². The summed E-state index contributed by atoms with van der Waals surface area (Å²) >= 11 is 0. The molecule has 0 amide bonds. The molecule has 0 bridgehead atoms. The standard InChI is InChI=1S/C65H47N/c1-63(2)57-30-16-12-26-51(57)55-40-38-49(42-61(55)63)66(48-36-34-47(35-37-48)64(44-20-6-3-7-21-44)58-31-17-13-27-52(58)53-28-14-18-32-59(53)64)50-39-41-56-54-29-15-19-33-60(54)65(62(56)43-50,45-22-8-4-9-23-45)46-24-10-5-11-25-46/h3-43H,1-2H3/i34D,35D,36D,37D. The van der Waals surface area contributed by atoms with E-state index in [1.807, 2.05) is 47.4 Å². The molecule has 0 saturated heterocycles. The Balaban J connectivity index is 1.11. The Morgan fingerprint density at radius 3 is 1.08 bits per heavy atom. The summed E-state index contributed by atoms with van der Waals surface area (Å²) in [6.45, 7) is 4.52. The molecular weight excluding hydrogens is 795 g/mol. The van der Waals surface area contributed by atoms with E-state index >= 15 is 0 Å². The first kappa shape index (κ1) is 34.4. The molecule has 10 aromatic carbocycles. The van der Waals surface area contributed by atoms with E-state index in [1.54, 1.807) is 0 Å². The molecule has 0 aromatic heterocycles. The lowest BCUT2D eigenvalue weighted by atomic mass is 9.67. The highest BCUT2D eigenvalue weighted by atomic mass is 15.1. The van der Waals surface area contributed by atoms with Gasteiger partial charge in [-0.2, -0.15) is 0 Å². The Bertz CT molecular complexity index is 3630. The van der Waals surface area contributed by atoms with Crippen molar-refractivity contribution in [3.8, 4) is 33.4 Å². The number of hydrogen-bond donors (Lipinski definition) is 0. The zero-order valence-corrected chi connectivity index (χ0v) is 36.8. The zero-order valence-electron chi connectivity index (χ0n) is 40.8. The summed E-state index contributed by atoms with van der Waals surface area (Å²) in [4.78, 5) is 2.00. The van der Waals surface area contributed by atoms with Crippen molar-refractivity contribution >= 4 is 17.1 Å². The molecule has 66 heavy (non-hydrogen) atoms. The summed E-state index contributed by atoms with van der Waals surface area (Å²) in [5, 5.41) is 0. The van der Waals surface area contributed by atoms with Crippen molar-refractivity contribution in [2.24, 2.45) is 0 Å². The molecule has 0 spiro atoms. The minimum Gasteiger partial charge on any atom is -0.310 e. The number of hydrogen-bond acceptors (Lipinski definition) is 1. The first-order valence-electron chi connectivity index (χ1n) is 24.9. The van der Waals surface area contributed by atoms with Crippen LogP contribution in [0.3, 0.4) is 0 Å². The van der Waals surface area contributed by atoms with Crippen LogP contribution in [0.1, 0.15) is 75.0 Å². The SMILES string of the molecule is [2H]c1c([2H])c(C2(c3ccccc3)c3ccccc3-c3ccccc32)c([2H])c([2H])c1N(c1ccc2c(c1)C(C)(C)c1ccccc1-2)c1ccc2c(c1)C(c1ccccc1)(c1ccccc1)c1ccccc1-2. The fourth-order valence-corrected chi connectivity index (χ4v) is 12.1. The Labute approximate surface area is 393 Å². The van der Waals surface area contributed by atoms with Crippen LogP contribution in [-0.2, 0) is 16.2 Å². The van der Waals surface area contributed by atoms with Gasteiger partial charge in [0.1, 0.15) is 0 Å². The Hall–Kier alpha value is -8.00. The first-order valence-corrected chi connectivity index (χ1v) is 22.9. The first-order chi connectivity index (χ1) is 34.2. The fourth-order valence-electron chi connectivity index (χ4n) is 12.1. The second-order valence-electron chi connectivity index (χ2n) is 18.4. The van der Waals surface area contributed by atoms with Gasteiger partial charge in [-0.1, -0.05) is 226 Å². The minimum atomic E-state index is -1.13. The van der Waals surface area contributed by atoms with Crippen LogP contribution in [0.5, 0.6) is 0 Å². The van der Waals surface area contributed by atoms with Crippen LogP contribution in [0, 0.1) is 0 Å². The molecule has 1 heteroatoms. The van der Waals surface area contributed by atoms with Crippen molar-refractivity contribution < 1.29 is 5.48 Å². The number of rotatable bonds is 7. The second-order valence-corrected chi connectivity index (χ2v) is 18.4.